The molecule has 0 aliphatic carbocycles. The first kappa shape index (κ1) is 17.1. The molecule has 1 aromatic carbocycles. The van der Waals surface area contributed by atoms with Crippen LogP contribution in [0.4, 0.5) is 14.9 Å². The second kappa shape index (κ2) is 7.20. The number of hydrogen-bond donors (Lipinski definition) is 0. The number of rotatable bonds is 5. The van der Waals surface area contributed by atoms with Crippen molar-refractivity contribution in [3.05, 3.63) is 30.1 Å². The van der Waals surface area contributed by atoms with E-state index in [1.807, 2.05) is 6.92 Å². The molecule has 21 heavy (non-hydrogen) atoms. The van der Waals surface area contributed by atoms with Crippen LogP contribution in [-0.4, -0.2) is 24.0 Å². The Labute approximate surface area is 124 Å². The minimum absolute atomic E-state index is 0.0531. The Bertz CT molecular complexity index is 497. The molecule has 0 bridgehead atoms. The van der Waals surface area contributed by atoms with E-state index in [9.17, 15) is 14.0 Å². The number of halogens is 1. The Morgan fingerprint density at radius 3 is 2.48 bits per heavy atom. The molecule has 1 atom stereocenters. The summed E-state index contributed by atoms with van der Waals surface area (Å²) < 4.78 is 19.3. The number of amides is 1. The number of para-hydroxylation sites is 1. The van der Waals surface area contributed by atoms with Crippen molar-refractivity contribution in [3.8, 4) is 0 Å². The summed E-state index contributed by atoms with van der Waals surface area (Å²) in [7, 11) is 0. The lowest BCUT2D eigenvalue weighted by Gasteiger charge is -2.31. The molecular formula is C16H22FNO3. The van der Waals surface area contributed by atoms with Gasteiger partial charge in [0.2, 0.25) is 0 Å². The van der Waals surface area contributed by atoms with Crippen LogP contribution >= 0.6 is 0 Å². The minimum Gasteiger partial charge on any atom is -0.443 e. The van der Waals surface area contributed by atoms with Crippen LogP contribution in [0, 0.1) is 5.82 Å². The fraction of sp³-hybridized carbons (Fsp3) is 0.500. The average Bonchev–Trinajstić information content (AvgIpc) is 2.38. The van der Waals surface area contributed by atoms with Gasteiger partial charge in [-0.2, -0.15) is 0 Å². The smallest absolute Gasteiger partial charge is 0.415 e. The van der Waals surface area contributed by atoms with Gasteiger partial charge in [-0.3, -0.25) is 4.90 Å². The molecule has 0 spiro atoms. The van der Waals surface area contributed by atoms with E-state index in [-0.39, 0.29) is 5.69 Å². The van der Waals surface area contributed by atoms with Gasteiger partial charge in [-0.1, -0.05) is 25.5 Å². The summed E-state index contributed by atoms with van der Waals surface area (Å²) in [6.45, 7) is 7.06. The summed E-state index contributed by atoms with van der Waals surface area (Å²) in [6, 6.07) is 5.11. The van der Waals surface area contributed by atoms with Crippen molar-refractivity contribution in [1.29, 1.82) is 0 Å². The molecule has 0 fully saturated rings. The molecule has 4 nitrogen and oxygen atoms in total. The van der Waals surface area contributed by atoms with Crippen LogP contribution in [0.3, 0.4) is 0 Å². The predicted octanol–water partition coefficient (Wildman–Crippen LogP) is 3.93. The fourth-order valence-electron chi connectivity index (χ4n) is 1.92. The van der Waals surface area contributed by atoms with Gasteiger partial charge in [-0.05, 0) is 39.3 Å². The van der Waals surface area contributed by atoms with Crippen molar-refractivity contribution in [2.75, 3.05) is 4.90 Å². The largest absolute Gasteiger partial charge is 0.443 e. The van der Waals surface area contributed by atoms with Gasteiger partial charge in [0, 0.05) is 0 Å². The van der Waals surface area contributed by atoms with Crippen LogP contribution in [-0.2, 0) is 9.53 Å². The summed E-state index contributed by atoms with van der Waals surface area (Å²) in [4.78, 5) is 24.8. The maximum Gasteiger partial charge on any atom is 0.415 e. The molecule has 1 amide bonds. The Kier molecular flexibility index (Phi) is 5.88. The molecule has 1 rings (SSSR count). The van der Waals surface area contributed by atoms with E-state index in [0.717, 1.165) is 4.90 Å². The van der Waals surface area contributed by atoms with Crippen molar-refractivity contribution in [2.24, 2.45) is 0 Å². The number of anilines is 1. The highest BCUT2D eigenvalue weighted by molar-refractivity contribution is 5.92. The highest BCUT2D eigenvalue weighted by atomic mass is 19.1. The van der Waals surface area contributed by atoms with Gasteiger partial charge in [0.1, 0.15) is 17.7 Å². The highest BCUT2D eigenvalue weighted by Gasteiger charge is 2.30. The third-order valence-corrected chi connectivity index (χ3v) is 2.78. The molecule has 5 heteroatoms. The first-order valence-corrected chi connectivity index (χ1v) is 7.02. The second-order valence-corrected chi connectivity index (χ2v) is 5.79. The molecule has 0 saturated carbocycles. The number of aldehydes is 1. The Balaban J connectivity index is 3.20. The zero-order chi connectivity index (χ0) is 16.0. The summed E-state index contributed by atoms with van der Waals surface area (Å²) in [5.41, 5.74) is -0.669. The molecule has 0 aliphatic rings. The van der Waals surface area contributed by atoms with Gasteiger partial charge in [-0.15, -0.1) is 0 Å². The number of benzene rings is 1. The van der Waals surface area contributed by atoms with Crippen LogP contribution in [0.2, 0.25) is 0 Å². The molecule has 0 radical (unpaired) electrons. The Morgan fingerprint density at radius 1 is 1.38 bits per heavy atom. The zero-order valence-corrected chi connectivity index (χ0v) is 12.9. The van der Waals surface area contributed by atoms with Crippen molar-refractivity contribution in [2.45, 2.75) is 52.2 Å². The minimum atomic E-state index is -0.748. The predicted molar refractivity (Wildman–Crippen MR) is 79.9 cm³/mol. The van der Waals surface area contributed by atoms with Crippen molar-refractivity contribution in [3.63, 3.8) is 0 Å². The van der Waals surface area contributed by atoms with E-state index in [2.05, 4.69) is 0 Å². The van der Waals surface area contributed by atoms with E-state index in [1.54, 1.807) is 26.8 Å². The van der Waals surface area contributed by atoms with Crippen LogP contribution in [0.5, 0.6) is 0 Å². The summed E-state index contributed by atoms with van der Waals surface area (Å²) in [5, 5.41) is 0. The number of hydrogen-bond acceptors (Lipinski definition) is 3. The van der Waals surface area contributed by atoms with Crippen LogP contribution in [0.1, 0.15) is 40.5 Å². The number of carbonyl (C=O) groups excluding carboxylic acids is 2. The van der Waals surface area contributed by atoms with Gasteiger partial charge >= 0.3 is 6.09 Å². The maximum atomic E-state index is 14.0. The van der Waals surface area contributed by atoms with Gasteiger partial charge in [0.15, 0.2) is 0 Å². The second-order valence-electron chi connectivity index (χ2n) is 5.79. The van der Waals surface area contributed by atoms with Crippen molar-refractivity contribution in [1.82, 2.24) is 0 Å². The first-order chi connectivity index (χ1) is 9.80. The number of nitrogens with zero attached hydrogens (tertiary/aromatic N) is 1. The monoisotopic (exact) mass is 295 g/mol. The molecule has 0 heterocycles. The quantitative estimate of drug-likeness (QED) is 0.773. The lowest BCUT2D eigenvalue weighted by molar-refractivity contribution is -0.109. The van der Waals surface area contributed by atoms with Crippen LogP contribution in [0.25, 0.3) is 0 Å². The SMILES string of the molecule is CCCC(C=O)N(C(=O)OC(C)(C)C)c1ccccc1F. The zero-order valence-electron chi connectivity index (χ0n) is 12.9. The number of carbonyl (C=O) groups is 2. The molecule has 0 aromatic heterocycles. The van der Waals surface area contributed by atoms with E-state index >= 15 is 0 Å². The fourth-order valence-corrected chi connectivity index (χ4v) is 1.92. The van der Waals surface area contributed by atoms with Gasteiger partial charge in [0.25, 0.3) is 0 Å². The summed E-state index contributed by atoms with van der Waals surface area (Å²) in [6.07, 6.45) is 1.06. The van der Waals surface area contributed by atoms with Gasteiger partial charge in [-0.25, -0.2) is 9.18 Å². The molecule has 116 valence electrons. The molecule has 0 aliphatic heterocycles. The molecule has 1 unspecified atom stereocenters. The topological polar surface area (TPSA) is 46.6 Å². The molecular weight excluding hydrogens is 273 g/mol. The third kappa shape index (κ3) is 4.85. The van der Waals surface area contributed by atoms with E-state index < -0.39 is 23.6 Å². The first-order valence-electron chi connectivity index (χ1n) is 7.02. The lowest BCUT2D eigenvalue weighted by Crippen LogP contribution is -2.45. The van der Waals surface area contributed by atoms with Gasteiger partial charge in [0.05, 0.1) is 11.7 Å². The summed E-state index contributed by atoms with van der Waals surface area (Å²) >= 11 is 0. The average molecular weight is 295 g/mol. The number of ether oxygens (including phenoxy) is 1. The third-order valence-electron chi connectivity index (χ3n) is 2.78. The van der Waals surface area contributed by atoms with E-state index in [0.29, 0.717) is 19.1 Å². The highest BCUT2D eigenvalue weighted by Crippen LogP contribution is 2.25. The standard InChI is InChI=1S/C16H22FNO3/c1-5-8-12(11-19)18(15(20)21-16(2,3)4)14-10-7-6-9-13(14)17/h6-7,9-12H,5,8H2,1-4H3. The maximum absolute atomic E-state index is 14.0. The Morgan fingerprint density at radius 2 is 2.00 bits per heavy atom. The van der Waals surface area contributed by atoms with Crippen molar-refractivity contribution >= 4 is 18.1 Å². The van der Waals surface area contributed by atoms with Crippen LogP contribution < -0.4 is 4.90 Å². The lowest BCUT2D eigenvalue weighted by atomic mass is 10.1. The van der Waals surface area contributed by atoms with E-state index in [1.165, 1.54) is 18.2 Å². The molecule has 0 saturated heterocycles. The summed E-state index contributed by atoms with van der Waals surface area (Å²) in [5.74, 6) is -0.564. The van der Waals surface area contributed by atoms with Crippen molar-refractivity contribution < 1.29 is 18.7 Å². The Hall–Kier alpha value is -1.91. The van der Waals surface area contributed by atoms with Crippen LogP contribution in [0.15, 0.2) is 24.3 Å². The molecule has 0 N–H and O–H groups in total. The van der Waals surface area contributed by atoms with E-state index in [4.69, 9.17) is 4.74 Å². The normalized spacial score (nSPS) is 12.6. The van der Waals surface area contributed by atoms with Gasteiger partial charge < -0.3 is 9.53 Å². The molecule has 1 aromatic rings.